The largest absolute Gasteiger partial charge is 0.496 e. The summed E-state index contributed by atoms with van der Waals surface area (Å²) in [5, 5.41) is 8.27. The van der Waals surface area contributed by atoms with E-state index in [2.05, 4.69) is 28.8 Å². The molecule has 4 nitrogen and oxygen atoms in total. The van der Waals surface area contributed by atoms with E-state index in [1.54, 1.807) is 7.11 Å². The SMILES string of the molecule is COc1ccc(C)cc1/C(C)=N\NC(=S)NC1CCCC1. The molecule has 1 aliphatic rings. The van der Waals surface area contributed by atoms with Crippen LogP contribution in [0.1, 0.15) is 43.7 Å². The highest BCUT2D eigenvalue weighted by Crippen LogP contribution is 2.20. The van der Waals surface area contributed by atoms with E-state index < -0.39 is 0 Å². The number of hydrazone groups is 1. The van der Waals surface area contributed by atoms with Gasteiger partial charge in [-0.1, -0.05) is 24.5 Å². The summed E-state index contributed by atoms with van der Waals surface area (Å²) in [5.74, 6) is 0.818. The van der Waals surface area contributed by atoms with Crippen molar-refractivity contribution in [2.75, 3.05) is 7.11 Å². The van der Waals surface area contributed by atoms with Crippen LogP contribution in [0.3, 0.4) is 0 Å². The second-order valence-electron chi connectivity index (χ2n) is 5.47. The van der Waals surface area contributed by atoms with Crippen molar-refractivity contribution < 1.29 is 4.74 Å². The molecular formula is C16H23N3OS. The van der Waals surface area contributed by atoms with Gasteiger partial charge in [-0.05, 0) is 51.0 Å². The number of nitrogens with one attached hydrogen (secondary N) is 2. The lowest BCUT2D eigenvalue weighted by atomic mass is 10.1. The Kier molecular flexibility index (Phi) is 5.56. The molecule has 1 aromatic rings. The van der Waals surface area contributed by atoms with Gasteiger partial charge in [0.15, 0.2) is 5.11 Å². The molecule has 1 fully saturated rings. The lowest BCUT2D eigenvalue weighted by molar-refractivity contribution is 0.414. The van der Waals surface area contributed by atoms with Crippen LogP contribution in [0.4, 0.5) is 0 Å². The van der Waals surface area contributed by atoms with Crippen LogP contribution in [-0.4, -0.2) is 24.0 Å². The summed E-state index contributed by atoms with van der Waals surface area (Å²) in [6.45, 7) is 4.00. The zero-order valence-electron chi connectivity index (χ0n) is 12.9. The molecule has 0 unspecified atom stereocenters. The van der Waals surface area contributed by atoms with Crippen LogP contribution in [0.5, 0.6) is 5.75 Å². The summed E-state index contributed by atoms with van der Waals surface area (Å²) in [6.07, 6.45) is 4.94. The molecule has 0 heterocycles. The van der Waals surface area contributed by atoms with Gasteiger partial charge in [-0.25, -0.2) is 0 Å². The zero-order valence-corrected chi connectivity index (χ0v) is 13.7. The molecule has 0 aliphatic heterocycles. The summed E-state index contributed by atoms with van der Waals surface area (Å²) in [7, 11) is 1.67. The molecule has 0 saturated heterocycles. The summed E-state index contributed by atoms with van der Waals surface area (Å²) < 4.78 is 5.38. The van der Waals surface area contributed by atoms with Crippen molar-refractivity contribution in [3.05, 3.63) is 29.3 Å². The van der Waals surface area contributed by atoms with Gasteiger partial charge >= 0.3 is 0 Å². The summed E-state index contributed by atoms with van der Waals surface area (Å²) >= 11 is 5.29. The van der Waals surface area contributed by atoms with E-state index in [-0.39, 0.29) is 0 Å². The third kappa shape index (κ3) is 4.43. The van der Waals surface area contributed by atoms with E-state index in [0.717, 1.165) is 17.0 Å². The maximum absolute atomic E-state index is 5.38. The number of thiocarbonyl (C=S) groups is 1. The molecule has 5 heteroatoms. The number of hydrogen-bond acceptors (Lipinski definition) is 3. The number of methoxy groups -OCH3 is 1. The number of nitrogens with zero attached hydrogens (tertiary/aromatic N) is 1. The van der Waals surface area contributed by atoms with Gasteiger partial charge in [-0.15, -0.1) is 0 Å². The van der Waals surface area contributed by atoms with Gasteiger partial charge in [0, 0.05) is 11.6 Å². The first kappa shape index (κ1) is 15.8. The molecule has 0 aromatic heterocycles. The number of benzene rings is 1. The fourth-order valence-corrected chi connectivity index (χ4v) is 2.80. The molecule has 2 N–H and O–H groups in total. The third-order valence-corrected chi connectivity index (χ3v) is 3.97. The standard InChI is InChI=1S/C16H23N3OS/c1-11-8-9-15(20-3)14(10-11)12(2)18-19-16(21)17-13-6-4-5-7-13/h8-10,13H,4-7H2,1-3H3,(H2,17,19,21)/b18-12-. The first-order valence-corrected chi connectivity index (χ1v) is 7.77. The van der Waals surface area contributed by atoms with Crippen molar-refractivity contribution in [1.29, 1.82) is 0 Å². The quantitative estimate of drug-likeness (QED) is 0.510. The summed E-state index contributed by atoms with van der Waals surface area (Å²) in [6, 6.07) is 6.54. The predicted molar refractivity (Wildman–Crippen MR) is 91.1 cm³/mol. The van der Waals surface area contributed by atoms with Gasteiger partial charge in [-0.3, -0.25) is 5.43 Å². The Bertz CT molecular complexity index is 536. The first-order valence-electron chi connectivity index (χ1n) is 7.36. The van der Waals surface area contributed by atoms with Crippen LogP contribution < -0.4 is 15.5 Å². The van der Waals surface area contributed by atoms with E-state index >= 15 is 0 Å². The van der Waals surface area contributed by atoms with Crippen molar-refractivity contribution in [1.82, 2.24) is 10.7 Å². The maximum atomic E-state index is 5.38. The Hall–Kier alpha value is -1.62. The molecule has 0 radical (unpaired) electrons. The molecule has 1 saturated carbocycles. The molecule has 0 amide bonds. The van der Waals surface area contributed by atoms with E-state index in [9.17, 15) is 0 Å². The second kappa shape index (κ2) is 7.41. The smallest absolute Gasteiger partial charge is 0.187 e. The topological polar surface area (TPSA) is 45.6 Å². The molecule has 2 rings (SSSR count). The fourth-order valence-electron chi connectivity index (χ4n) is 2.59. The number of rotatable bonds is 4. The van der Waals surface area contributed by atoms with Crippen LogP contribution in [0, 0.1) is 6.92 Å². The highest BCUT2D eigenvalue weighted by atomic mass is 32.1. The Labute approximate surface area is 132 Å². The second-order valence-corrected chi connectivity index (χ2v) is 5.88. The predicted octanol–water partition coefficient (Wildman–Crippen LogP) is 3.13. The average molecular weight is 305 g/mol. The van der Waals surface area contributed by atoms with E-state index in [0.29, 0.717) is 11.2 Å². The van der Waals surface area contributed by atoms with E-state index in [1.165, 1.54) is 31.2 Å². The number of aryl methyl sites for hydroxylation is 1. The fraction of sp³-hybridized carbons (Fsp3) is 0.500. The lowest BCUT2D eigenvalue weighted by Gasteiger charge is -2.14. The first-order chi connectivity index (χ1) is 10.1. The molecule has 0 atom stereocenters. The van der Waals surface area contributed by atoms with Gasteiger partial charge in [0.25, 0.3) is 0 Å². The zero-order chi connectivity index (χ0) is 15.2. The Morgan fingerprint density at radius 3 is 2.71 bits per heavy atom. The number of hydrogen-bond donors (Lipinski definition) is 2. The van der Waals surface area contributed by atoms with Gasteiger partial charge in [0.2, 0.25) is 0 Å². The van der Waals surface area contributed by atoms with E-state index in [4.69, 9.17) is 17.0 Å². The molecule has 1 aliphatic carbocycles. The molecule has 0 spiro atoms. The molecule has 114 valence electrons. The maximum Gasteiger partial charge on any atom is 0.187 e. The lowest BCUT2D eigenvalue weighted by Crippen LogP contribution is -2.38. The van der Waals surface area contributed by atoms with Crippen molar-refractivity contribution in [2.24, 2.45) is 5.10 Å². The van der Waals surface area contributed by atoms with Crippen LogP contribution in [-0.2, 0) is 0 Å². The Morgan fingerprint density at radius 2 is 2.05 bits per heavy atom. The van der Waals surface area contributed by atoms with Crippen LogP contribution in [0.25, 0.3) is 0 Å². The summed E-state index contributed by atoms with van der Waals surface area (Å²) in [5.41, 5.74) is 5.94. The van der Waals surface area contributed by atoms with Crippen molar-refractivity contribution in [3.8, 4) is 5.75 Å². The van der Waals surface area contributed by atoms with Crippen LogP contribution >= 0.6 is 12.2 Å². The molecule has 1 aromatic carbocycles. The normalized spacial score (nSPS) is 15.9. The minimum Gasteiger partial charge on any atom is -0.496 e. The van der Waals surface area contributed by atoms with Crippen molar-refractivity contribution in [2.45, 2.75) is 45.6 Å². The molecule has 21 heavy (non-hydrogen) atoms. The van der Waals surface area contributed by atoms with Crippen LogP contribution in [0.15, 0.2) is 23.3 Å². The highest BCUT2D eigenvalue weighted by Gasteiger charge is 2.15. The van der Waals surface area contributed by atoms with E-state index in [1.807, 2.05) is 19.1 Å². The van der Waals surface area contributed by atoms with Gasteiger partial charge in [-0.2, -0.15) is 5.10 Å². The van der Waals surface area contributed by atoms with Gasteiger partial charge < -0.3 is 10.1 Å². The monoisotopic (exact) mass is 305 g/mol. The van der Waals surface area contributed by atoms with Gasteiger partial charge in [0.05, 0.1) is 12.8 Å². The minimum atomic E-state index is 0.494. The average Bonchev–Trinajstić information content (AvgIpc) is 2.97. The number of ether oxygens (including phenoxy) is 1. The van der Waals surface area contributed by atoms with Gasteiger partial charge in [0.1, 0.15) is 5.75 Å². The Morgan fingerprint density at radius 1 is 1.33 bits per heavy atom. The van der Waals surface area contributed by atoms with Crippen LogP contribution in [0.2, 0.25) is 0 Å². The Balaban J connectivity index is 2.00. The molecular weight excluding hydrogens is 282 g/mol. The minimum absolute atomic E-state index is 0.494. The summed E-state index contributed by atoms with van der Waals surface area (Å²) in [4.78, 5) is 0. The highest BCUT2D eigenvalue weighted by molar-refractivity contribution is 7.80. The third-order valence-electron chi connectivity index (χ3n) is 3.76. The van der Waals surface area contributed by atoms with Crippen molar-refractivity contribution >= 4 is 23.0 Å². The molecule has 0 bridgehead atoms. The van der Waals surface area contributed by atoms with Crippen molar-refractivity contribution in [3.63, 3.8) is 0 Å².